The normalized spacial score (nSPS) is 28.5. The van der Waals surface area contributed by atoms with Crippen molar-refractivity contribution in [3.05, 3.63) is 70.5 Å². The topological polar surface area (TPSA) is 153 Å². The molecule has 4 heterocycles. The van der Waals surface area contributed by atoms with E-state index in [0.717, 1.165) is 26.4 Å². The van der Waals surface area contributed by atoms with E-state index < -0.39 is 66.0 Å². The van der Waals surface area contributed by atoms with Crippen molar-refractivity contribution in [3.8, 4) is 11.3 Å². The van der Waals surface area contributed by atoms with Gasteiger partial charge in [-0.05, 0) is 36.8 Å². The van der Waals surface area contributed by atoms with Crippen LogP contribution in [-0.4, -0.2) is 73.5 Å². The third kappa shape index (κ3) is 4.10. The van der Waals surface area contributed by atoms with Gasteiger partial charge in [0.2, 0.25) is 11.7 Å². The highest BCUT2D eigenvalue weighted by molar-refractivity contribution is 7.19. The van der Waals surface area contributed by atoms with Crippen LogP contribution in [0.3, 0.4) is 0 Å². The molecule has 2 aliphatic heterocycles. The first kappa shape index (κ1) is 26.8. The fourth-order valence-electron chi connectivity index (χ4n) is 5.58. The number of aliphatic hydroxyl groups is 3. The van der Waals surface area contributed by atoms with Crippen molar-refractivity contribution in [1.82, 2.24) is 15.0 Å². The number of amides is 1. The SMILES string of the molecule is NC(=O)c1cccc2sc([C@@H]3CCO[C@]34O[C@H](CO)[C@H](O)[C@H](n3cc(-c5cc(F)c(F)c(F)c5)nn3)[C@H]4O)cc12. The predicted molar refractivity (Wildman–Crippen MR) is 135 cm³/mol. The number of ether oxygens (including phenoxy) is 2. The molecule has 6 rings (SSSR count). The minimum atomic E-state index is -1.73. The number of aromatic nitrogens is 3. The zero-order chi connectivity index (χ0) is 28.3. The van der Waals surface area contributed by atoms with Crippen LogP contribution in [0, 0.1) is 17.5 Å². The number of benzene rings is 2. The Balaban J connectivity index is 1.40. The van der Waals surface area contributed by atoms with E-state index in [9.17, 15) is 33.3 Å². The summed E-state index contributed by atoms with van der Waals surface area (Å²) in [5, 5.41) is 41.3. The van der Waals surface area contributed by atoms with E-state index in [4.69, 9.17) is 15.2 Å². The summed E-state index contributed by atoms with van der Waals surface area (Å²) < 4.78 is 55.1. The number of hydrogen-bond acceptors (Lipinski definition) is 9. The van der Waals surface area contributed by atoms with Gasteiger partial charge in [0.05, 0.1) is 25.3 Å². The Hall–Kier alpha value is -3.40. The zero-order valence-corrected chi connectivity index (χ0v) is 21.4. The Labute approximate surface area is 228 Å². The number of halogens is 3. The maximum atomic E-state index is 13.8. The monoisotopic (exact) mass is 576 g/mol. The quantitative estimate of drug-likeness (QED) is 0.264. The lowest BCUT2D eigenvalue weighted by molar-refractivity contribution is -0.344. The molecule has 0 bridgehead atoms. The van der Waals surface area contributed by atoms with E-state index in [1.54, 1.807) is 18.2 Å². The molecule has 1 amide bonds. The Bertz CT molecular complexity index is 1590. The molecule has 1 spiro atoms. The number of nitrogens with two attached hydrogens (primary N) is 1. The van der Waals surface area contributed by atoms with Gasteiger partial charge in [-0.3, -0.25) is 4.79 Å². The van der Waals surface area contributed by atoms with Gasteiger partial charge in [0.25, 0.3) is 0 Å². The molecule has 2 fully saturated rings. The van der Waals surface area contributed by atoms with Crippen LogP contribution < -0.4 is 5.73 Å². The molecule has 0 unspecified atom stereocenters. The maximum Gasteiger partial charge on any atom is 0.249 e. The molecule has 14 heteroatoms. The molecule has 2 aromatic carbocycles. The van der Waals surface area contributed by atoms with E-state index in [0.29, 0.717) is 17.4 Å². The highest BCUT2D eigenvalue weighted by Crippen LogP contribution is 2.52. The number of fused-ring (bicyclic) bond motifs is 1. The number of carbonyl (C=O) groups is 1. The fourth-order valence-corrected chi connectivity index (χ4v) is 6.86. The second kappa shape index (κ2) is 9.90. The van der Waals surface area contributed by atoms with Crippen molar-refractivity contribution in [2.45, 2.75) is 42.5 Å². The van der Waals surface area contributed by atoms with Gasteiger partial charge >= 0.3 is 0 Å². The largest absolute Gasteiger partial charge is 0.394 e. The van der Waals surface area contributed by atoms with Crippen LogP contribution in [0.25, 0.3) is 21.3 Å². The van der Waals surface area contributed by atoms with Gasteiger partial charge in [0, 0.05) is 26.1 Å². The maximum absolute atomic E-state index is 13.8. The molecule has 4 aromatic rings. The molecule has 40 heavy (non-hydrogen) atoms. The van der Waals surface area contributed by atoms with Gasteiger partial charge in [-0.1, -0.05) is 11.3 Å². The minimum absolute atomic E-state index is 0.0503. The van der Waals surface area contributed by atoms with Crippen LogP contribution in [-0.2, 0) is 9.47 Å². The number of rotatable bonds is 5. The molecule has 0 aliphatic carbocycles. The second-order valence-electron chi connectivity index (χ2n) is 9.74. The Morgan fingerprint density at radius 2 is 1.95 bits per heavy atom. The highest BCUT2D eigenvalue weighted by Gasteiger charge is 2.62. The summed E-state index contributed by atoms with van der Waals surface area (Å²) in [5.74, 6) is -7.36. The molecule has 210 valence electrons. The zero-order valence-electron chi connectivity index (χ0n) is 20.6. The lowest BCUT2D eigenvalue weighted by Crippen LogP contribution is -2.64. The lowest BCUT2D eigenvalue weighted by atomic mass is 9.82. The van der Waals surface area contributed by atoms with Gasteiger partial charge in [-0.2, -0.15) is 0 Å². The molecule has 0 saturated carbocycles. The van der Waals surface area contributed by atoms with Gasteiger partial charge in [-0.25, -0.2) is 17.9 Å². The first-order valence-electron chi connectivity index (χ1n) is 12.3. The average Bonchev–Trinajstić information content (AvgIpc) is 3.67. The number of thiophene rings is 1. The summed E-state index contributed by atoms with van der Waals surface area (Å²) in [6, 6.07) is 7.18. The Morgan fingerprint density at radius 1 is 1.20 bits per heavy atom. The van der Waals surface area contributed by atoms with E-state index in [1.165, 1.54) is 17.5 Å². The third-order valence-corrected chi connectivity index (χ3v) is 8.70. The molecule has 6 atom stereocenters. The highest BCUT2D eigenvalue weighted by atomic mass is 32.1. The summed E-state index contributed by atoms with van der Waals surface area (Å²) in [5.41, 5.74) is 5.72. The van der Waals surface area contributed by atoms with Crippen molar-refractivity contribution in [2.24, 2.45) is 5.73 Å². The Morgan fingerprint density at radius 3 is 2.65 bits per heavy atom. The fraction of sp³-hybridized carbons (Fsp3) is 0.346. The van der Waals surface area contributed by atoms with Crippen LogP contribution in [0.1, 0.15) is 33.6 Å². The number of aliphatic hydroxyl groups excluding tert-OH is 3. The van der Waals surface area contributed by atoms with Crippen molar-refractivity contribution >= 4 is 27.3 Å². The molecule has 2 aliphatic rings. The first-order valence-corrected chi connectivity index (χ1v) is 13.1. The summed E-state index contributed by atoms with van der Waals surface area (Å²) in [6.45, 7) is -0.452. The van der Waals surface area contributed by atoms with Crippen molar-refractivity contribution in [1.29, 1.82) is 0 Å². The number of primary amides is 1. The molecule has 2 aromatic heterocycles. The smallest absolute Gasteiger partial charge is 0.249 e. The van der Waals surface area contributed by atoms with Gasteiger partial charge < -0.3 is 30.5 Å². The van der Waals surface area contributed by atoms with Crippen molar-refractivity contribution in [2.75, 3.05) is 13.2 Å². The lowest BCUT2D eigenvalue weighted by Gasteiger charge is -2.49. The van der Waals surface area contributed by atoms with Gasteiger partial charge in [-0.15, -0.1) is 16.4 Å². The standard InChI is InChI=1S/C26H23F3N4O6S/c27-15-6-11(7-16(28)21(15)29)17-9-33(32-31-17)22-23(35)18(10-34)39-26(24(22)36)14(4-5-38-26)20-8-13-12(25(30)37)2-1-3-19(13)40-20/h1-3,6-9,14,18,22-24,34-36H,4-5,10H2,(H2,30,37)/t14-,18+,22-,23-,24+,26-/m0/s1. The van der Waals surface area contributed by atoms with Gasteiger partial charge in [0.1, 0.15) is 30.0 Å². The van der Waals surface area contributed by atoms with Crippen LogP contribution in [0.2, 0.25) is 0 Å². The van der Waals surface area contributed by atoms with E-state index in [-0.39, 0.29) is 17.9 Å². The first-order chi connectivity index (χ1) is 19.1. The summed E-state index contributed by atoms with van der Waals surface area (Å²) in [4.78, 5) is 12.7. The van der Waals surface area contributed by atoms with Crippen molar-refractivity contribution in [3.63, 3.8) is 0 Å². The predicted octanol–water partition coefficient (Wildman–Crippen LogP) is 2.23. The molecule has 2 saturated heterocycles. The number of carbonyl (C=O) groups excluding carboxylic acids is 1. The Kier molecular flexibility index (Phi) is 6.64. The van der Waals surface area contributed by atoms with E-state index in [2.05, 4.69) is 10.3 Å². The summed E-state index contributed by atoms with van der Waals surface area (Å²) in [6.07, 6.45) is -2.62. The van der Waals surface area contributed by atoms with Crippen LogP contribution in [0.4, 0.5) is 13.2 Å². The molecule has 5 N–H and O–H groups in total. The number of nitrogens with zero attached hydrogens (tertiary/aromatic N) is 3. The molecule has 10 nitrogen and oxygen atoms in total. The van der Waals surface area contributed by atoms with E-state index >= 15 is 0 Å². The van der Waals surface area contributed by atoms with Crippen LogP contribution in [0.5, 0.6) is 0 Å². The number of hydrogen-bond donors (Lipinski definition) is 4. The second-order valence-corrected chi connectivity index (χ2v) is 10.9. The van der Waals surface area contributed by atoms with Crippen LogP contribution >= 0.6 is 11.3 Å². The average molecular weight is 577 g/mol. The molecule has 0 radical (unpaired) electrons. The minimum Gasteiger partial charge on any atom is -0.394 e. The summed E-state index contributed by atoms with van der Waals surface area (Å²) >= 11 is 1.37. The molecular formula is C26H23F3N4O6S. The van der Waals surface area contributed by atoms with Crippen molar-refractivity contribution < 1.29 is 42.8 Å². The third-order valence-electron chi connectivity index (χ3n) is 7.49. The van der Waals surface area contributed by atoms with Gasteiger partial charge in [0.15, 0.2) is 17.5 Å². The van der Waals surface area contributed by atoms with E-state index in [1.807, 2.05) is 6.07 Å². The van der Waals surface area contributed by atoms with Crippen LogP contribution in [0.15, 0.2) is 42.6 Å². The summed E-state index contributed by atoms with van der Waals surface area (Å²) in [7, 11) is 0. The molecular weight excluding hydrogens is 553 g/mol.